The predicted molar refractivity (Wildman–Crippen MR) is 145 cm³/mol. The zero-order valence-electron chi connectivity index (χ0n) is 20.5. The Hall–Kier alpha value is -1.39. The minimum Gasteiger partial charge on any atom is -0.378 e. The van der Waals surface area contributed by atoms with Gasteiger partial charge in [-0.25, -0.2) is 0 Å². The van der Waals surface area contributed by atoms with Gasteiger partial charge in [-0.1, -0.05) is 44.2 Å². The molecule has 1 aromatic carbocycles. The number of carbonyl (C=O) groups is 1. The number of likely N-dealkylation sites (tertiary alicyclic amines) is 2. The van der Waals surface area contributed by atoms with Gasteiger partial charge in [0, 0.05) is 64.9 Å². The van der Waals surface area contributed by atoms with Crippen LogP contribution in [0.3, 0.4) is 0 Å². The van der Waals surface area contributed by atoms with Gasteiger partial charge in [0.15, 0.2) is 5.96 Å². The molecule has 1 aromatic rings. The molecule has 8 heteroatoms. The van der Waals surface area contributed by atoms with Crippen molar-refractivity contribution in [3.8, 4) is 0 Å². The van der Waals surface area contributed by atoms with E-state index in [1.54, 1.807) is 7.05 Å². The van der Waals surface area contributed by atoms with Gasteiger partial charge in [-0.05, 0) is 31.2 Å². The Morgan fingerprint density at radius 2 is 1.88 bits per heavy atom. The maximum absolute atomic E-state index is 12.2. The van der Waals surface area contributed by atoms with E-state index in [9.17, 15) is 4.79 Å². The SMILES string of the molecule is CN=C(NCCCOC1CCN(Cc2ccccc2)CC1)NC1CCN(C(=O)C(C)C)C1.I. The van der Waals surface area contributed by atoms with Crippen LogP contribution in [0.4, 0.5) is 0 Å². The highest BCUT2D eigenvalue weighted by Gasteiger charge is 2.28. The minimum atomic E-state index is 0. The fourth-order valence-electron chi connectivity index (χ4n) is 4.44. The van der Waals surface area contributed by atoms with E-state index in [1.807, 2.05) is 18.7 Å². The summed E-state index contributed by atoms with van der Waals surface area (Å²) in [4.78, 5) is 21.0. The van der Waals surface area contributed by atoms with E-state index < -0.39 is 0 Å². The molecule has 2 aliphatic rings. The highest BCUT2D eigenvalue weighted by atomic mass is 127. The summed E-state index contributed by atoms with van der Waals surface area (Å²) in [5.74, 6) is 1.10. The lowest BCUT2D eigenvalue weighted by molar-refractivity contribution is -0.133. The van der Waals surface area contributed by atoms with Crippen LogP contribution in [0.5, 0.6) is 0 Å². The Kier molecular flexibility index (Phi) is 12.5. The van der Waals surface area contributed by atoms with Crippen molar-refractivity contribution >= 4 is 35.8 Å². The number of piperidine rings is 1. The zero-order valence-corrected chi connectivity index (χ0v) is 22.8. The van der Waals surface area contributed by atoms with Crippen molar-refractivity contribution in [3.05, 3.63) is 35.9 Å². The van der Waals surface area contributed by atoms with Gasteiger partial charge in [0.05, 0.1) is 6.10 Å². The summed E-state index contributed by atoms with van der Waals surface area (Å²) in [6, 6.07) is 11.0. The minimum absolute atomic E-state index is 0. The normalized spacial score (nSPS) is 20.1. The number of amides is 1. The summed E-state index contributed by atoms with van der Waals surface area (Å²) in [6.07, 6.45) is 4.51. The first-order chi connectivity index (χ1) is 15.5. The molecular weight excluding hydrogens is 529 g/mol. The third-order valence-electron chi connectivity index (χ3n) is 6.31. The molecule has 0 saturated carbocycles. The third-order valence-corrected chi connectivity index (χ3v) is 6.31. The Morgan fingerprint density at radius 3 is 2.55 bits per heavy atom. The second-order valence-corrected chi connectivity index (χ2v) is 9.25. The molecule has 0 aliphatic carbocycles. The Bertz CT molecular complexity index is 723. The van der Waals surface area contributed by atoms with Gasteiger partial charge >= 0.3 is 0 Å². The van der Waals surface area contributed by atoms with E-state index >= 15 is 0 Å². The highest BCUT2D eigenvalue weighted by molar-refractivity contribution is 14.0. The van der Waals surface area contributed by atoms with Gasteiger partial charge in [-0.15, -0.1) is 24.0 Å². The number of nitrogens with zero attached hydrogens (tertiary/aromatic N) is 3. The summed E-state index contributed by atoms with van der Waals surface area (Å²) in [5, 5.41) is 6.84. The number of guanidine groups is 1. The van der Waals surface area contributed by atoms with E-state index in [-0.39, 0.29) is 41.8 Å². The molecule has 33 heavy (non-hydrogen) atoms. The van der Waals surface area contributed by atoms with Crippen molar-refractivity contribution in [1.82, 2.24) is 20.4 Å². The van der Waals surface area contributed by atoms with Crippen LogP contribution < -0.4 is 10.6 Å². The van der Waals surface area contributed by atoms with Crippen LogP contribution in [-0.2, 0) is 16.1 Å². The molecule has 3 rings (SSSR count). The molecule has 1 atom stereocenters. The van der Waals surface area contributed by atoms with Crippen LogP contribution >= 0.6 is 24.0 Å². The number of nitrogens with one attached hydrogen (secondary N) is 2. The lowest BCUT2D eigenvalue weighted by Crippen LogP contribution is -2.45. The molecule has 1 unspecified atom stereocenters. The number of aliphatic imine (C=N–C) groups is 1. The quantitative estimate of drug-likeness (QED) is 0.207. The highest BCUT2D eigenvalue weighted by Crippen LogP contribution is 2.16. The van der Waals surface area contributed by atoms with Gasteiger partial charge in [0.2, 0.25) is 5.91 Å². The van der Waals surface area contributed by atoms with E-state index in [2.05, 4.69) is 50.9 Å². The van der Waals surface area contributed by atoms with E-state index in [0.717, 1.165) is 77.5 Å². The molecule has 1 amide bonds. The first-order valence-corrected chi connectivity index (χ1v) is 12.2. The fourth-order valence-corrected chi connectivity index (χ4v) is 4.44. The standard InChI is InChI=1S/C25H41N5O2.HI/c1-20(2)24(31)30-16-10-22(19-30)28-25(26-3)27-13-7-17-32-23-11-14-29(15-12-23)18-21-8-5-4-6-9-21;/h4-6,8-9,20,22-23H,7,10-19H2,1-3H3,(H2,26,27,28);1H. The molecule has 0 spiro atoms. The van der Waals surface area contributed by atoms with Crippen LogP contribution in [0.1, 0.15) is 45.1 Å². The summed E-state index contributed by atoms with van der Waals surface area (Å²) in [7, 11) is 1.79. The van der Waals surface area contributed by atoms with Crippen LogP contribution in [-0.4, -0.2) is 80.2 Å². The monoisotopic (exact) mass is 571 g/mol. The average molecular weight is 572 g/mol. The third kappa shape index (κ3) is 9.41. The molecule has 0 aromatic heterocycles. The molecule has 7 nitrogen and oxygen atoms in total. The number of rotatable bonds is 9. The molecule has 186 valence electrons. The first-order valence-electron chi connectivity index (χ1n) is 12.2. The molecule has 2 heterocycles. The molecule has 2 aliphatic heterocycles. The zero-order chi connectivity index (χ0) is 22.8. The Labute approximate surface area is 216 Å². The van der Waals surface area contributed by atoms with Gasteiger partial charge in [0.25, 0.3) is 0 Å². The first kappa shape index (κ1) is 27.9. The number of hydrogen-bond acceptors (Lipinski definition) is 4. The summed E-state index contributed by atoms with van der Waals surface area (Å²) >= 11 is 0. The molecular formula is C25H42IN5O2. The fraction of sp³-hybridized carbons (Fsp3) is 0.680. The Morgan fingerprint density at radius 1 is 1.15 bits per heavy atom. The van der Waals surface area contributed by atoms with Crippen molar-refractivity contribution in [1.29, 1.82) is 0 Å². The maximum Gasteiger partial charge on any atom is 0.225 e. The number of ether oxygens (including phenoxy) is 1. The van der Waals surface area contributed by atoms with E-state index in [4.69, 9.17) is 4.74 Å². The molecule has 2 N–H and O–H groups in total. The lowest BCUT2D eigenvalue weighted by atomic mass is 10.1. The van der Waals surface area contributed by atoms with Gasteiger partial charge < -0.3 is 20.3 Å². The van der Waals surface area contributed by atoms with Crippen LogP contribution in [0.25, 0.3) is 0 Å². The summed E-state index contributed by atoms with van der Waals surface area (Å²) < 4.78 is 6.12. The van der Waals surface area contributed by atoms with Crippen molar-refractivity contribution in [2.45, 2.75) is 58.2 Å². The van der Waals surface area contributed by atoms with Gasteiger partial charge in [-0.2, -0.15) is 0 Å². The second-order valence-electron chi connectivity index (χ2n) is 9.25. The smallest absolute Gasteiger partial charge is 0.225 e. The van der Waals surface area contributed by atoms with E-state index in [1.165, 1.54) is 5.56 Å². The molecule has 0 radical (unpaired) electrons. The van der Waals surface area contributed by atoms with Crippen molar-refractivity contribution < 1.29 is 9.53 Å². The van der Waals surface area contributed by atoms with Crippen molar-refractivity contribution in [2.24, 2.45) is 10.9 Å². The van der Waals surface area contributed by atoms with Gasteiger partial charge in [0.1, 0.15) is 0 Å². The number of carbonyl (C=O) groups excluding carboxylic acids is 1. The summed E-state index contributed by atoms with van der Waals surface area (Å²) in [6.45, 7) is 10.3. The number of hydrogen-bond donors (Lipinski definition) is 2. The van der Waals surface area contributed by atoms with Crippen molar-refractivity contribution in [2.75, 3.05) is 46.4 Å². The van der Waals surface area contributed by atoms with E-state index in [0.29, 0.717) is 6.10 Å². The predicted octanol–water partition coefficient (Wildman–Crippen LogP) is 3.10. The van der Waals surface area contributed by atoms with Crippen LogP contribution in [0, 0.1) is 5.92 Å². The largest absolute Gasteiger partial charge is 0.378 e. The van der Waals surface area contributed by atoms with Crippen LogP contribution in [0.15, 0.2) is 35.3 Å². The lowest BCUT2D eigenvalue weighted by Gasteiger charge is -2.32. The van der Waals surface area contributed by atoms with Gasteiger partial charge in [-0.3, -0.25) is 14.7 Å². The Balaban J connectivity index is 0.00000385. The molecule has 2 saturated heterocycles. The average Bonchev–Trinajstić information content (AvgIpc) is 3.27. The van der Waals surface area contributed by atoms with Crippen LogP contribution in [0.2, 0.25) is 0 Å². The summed E-state index contributed by atoms with van der Waals surface area (Å²) in [5.41, 5.74) is 1.39. The molecule has 2 fully saturated rings. The van der Waals surface area contributed by atoms with Crippen molar-refractivity contribution in [3.63, 3.8) is 0 Å². The number of halogens is 1. The number of benzene rings is 1. The molecule has 0 bridgehead atoms. The topological polar surface area (TPSA) is 69.2 Å². The maximum atomic E-state index is 12.2. The second kappa shape index (κ2) is 14.8.